The van der Waals surface area contributed by atoms with Crippen LogP contribution < -0.4 is 10.6 Å². The Hall–Kier alpha value is -0.870. The second-order valence-corrected chi connectivity index (χ2v) is 7.22. The SMILES string of the molecule is O=C(NCCCSC1CCCCC1)Nc1ccc(Cl)cc1. The van der Waals surface area contributed by atoms with Gasteiger partial charge in [-0.2, -0.15) is 11.8 Å². The molecule has 1 saturated carbocycles. The summed E-state index contributed by atoms with van der Waals surface area (Å²) in [5, 5.41) is 7.20. The molecule has 5 heteroatoms. The number of rotatable bonds is 6. The highest BCUT2D eigenvalue weighted by Gasteiger charge is 2.12. The van der Waals surface area contributed by atoms with Gasteiger partial charge in [0.25, 0.3) is 0 Å². The molecule has 0 spiro atoms. The van der Waals surface area contributed by atoms with Gasteiger partial charge in [0.1, 0.15) is 0 Å². The Morgan fingerprint density at radius 3 is 2.62 bits per heavy atom. The van der Waals surface area contributed by atoms with Crippen LogP contribution in [0.5, 0.6) is 0 Å². The second kappa shape index (κ2) is 9.21. The van der Waals surface area contributed by atoms with Crippen LogP contribution in [0, 0.1) is 0 Å². The van der Waals surface area contributed by atoms with Crippen LogP contribution in [0.3, 0.4) is 0 Å². The molecule has 0 unspecified atom stereocenters. The van der Waals surface area contributed by atoms with E-state index in [0.29, 0.717) is 5.02 Å². The number of carbonyl (C=O) groups is 1. The van der Waals surface area contributed by atoms with Crippen LogP contribution in [-0.2, 0) is 0 Å². The minimum atomic E-state index is -0.153. The molecule has 0 aliphatic heterocycles. The van der Waals surface area contributed by atoms with Gasteiger partial charge in [-0.3, -0.25) is 0 Å². The number of hydrogen-bond donors (Lipinski definition) is 2. The summed E-state index contributed by atoms with van der Waals surface area (Å²) in [6.07, 6.45) is 7.95. The Morgan fingerprint density at radius 1 is 1.19 bits per heavy atom. The number of anilines is 1. The number of benzene rings is 1. The molecule has 1 aromatic rings. The van der Waals surface area contributed by atoms with Gasteiger partial charge < -0.3 is 10.6 Å². The molecule has 2 amide bonds. The maximum absolute atomic E-state index is 11.7. The molecule has 0 saturated heterocycles. The maximum atomic E-state index is 11.7. The number of thioether (sulfide) groups is 1. The third-order valence-electron chi connectivity index (χ3n) is 3.61. The van der Waals surface area contributed by atoms with Gasteiger partial charge in [-0.05, 0) is 49.3 Å². The Bertz CT molecular complexity index is 432. The highest BCUT2D eigenvalue weighted by Crippen LogP contribution is 2.28. The van der Waals surface area contributed by atoms with Gasteiger partial charge in [0.2, 0.25) is 0 Å². The molecule has 2 rings (SSSR count). The summed E-state index contributed by atoms with van der Waals surface area (Å²) in [6, 6.07) is 6.96. The lowest BCUT2D eigenvalue weighted by Crippen LogP contribution is -2.29. The Morgan fingerprint density at radius 2 is 1.90 bits per heavy atom. The first-order chi connectivity index (χ1) is 10.2. The average molecular weight is 327 g/mol. The van der Waals surface area contributed by atoms with Crippen molar-refractivity contribution in [2.24, 2.45) is 0 Å². The zero-order valence-electron chi connectivity index (χ0n) is 12.2. The molecule has 1 aromatic carbocycles. The number of halogens is 1. The van der Waals surface area contributed by atoms with E-state index in [-0.39, 0.29) is 6.03 Å². The summed E-state index contributed by atoms with van der Waals surface area (Å²) in [7, 11) is 0. The lowest BCUT2D eigenvalue weighted by atomic mass is 10.0. The van der Waals surface area contributed by atoms with E-state index in [1.165, 1.54) is 32.1 Å². The second-order valence-electron chi connectivity index (χ2n) is 5.37. The fourth-order valence-corrected chi connectivity index (χ4v) is 3.90. The molecular weight excluding hydrogens is 304 g/mol. The summed E-state index contributed by atoms with van der Waals surface area (Å²) in [5.41, 5.74) is 0.758. The summed E-state index contributed by atoms with van der Waals surface area (Å²) in [6.45, 7) is 0.721. The van der Waals surface area contributed by atoms with Crippen molar-refractivity contribution >= 4 is 35.1 Å². The Kier molecular flexibility index (Phi) is 7.24. The highest BCUT2D eigenvalue weighted by molar-refractivity contribution is 7.99. The van der Waals surface area contributed by atoms with Crippen LogP contribution in [0.4, 0.5) is 10.5 Å². The first-order valence-corrected chi connectivity index (χ1v) is 9.09. The van der Waals surface area contributed by atoms with Crippen LogP contribution in [0.1, 0.15) is 38.5 Å². The van der Waals surface area contributed by atoms with Gasteiger partial charge in [-0.1, -0.05) is 30.9 Å². The van der Waals surface area contributed by atoms with Gasteiger partial charge >= 0.3 is 6.03 Å². The fourth-order valence-electron chi connectivity index (χ4n) is 2.46. The van der Waals surface area contributed by atoms with Crippen LogP contribution in [0.15, 0.2) is 24.3 Å². The standard InChI is InChI=1S/C16H23ClN2OS/c17-13-7-9-14(10-8-13)19-16(20)18-11-4-12-21-15-5-2-1-3-6-15/h7-10,15H,1-6,11-12H2,(H2,18,19,20). The van der Waals surface area contributed by atoms with Crippen LogP contribution in [-0.4, -0.2) is 23.6 Å². The third-order valence-corrected chi connectivity index (χ3v) is 5.33. The van der Waals surface area contributed by atoms with E-state index < -0.39 is 0 Å². The van der Waals surface area contributed by atoms with Crippen LogP contribution in [0.2, 0.25) is 5.02 Å². The molecule has 0 atom stereocenters. The van der Waals surface area contributed by atoms with Crippen molar-refractivity contribution in [3.8, 4) is 0 Å². The average Bonchev–Trinajstić information content (AvgIpc) is 2.50. The zero-order valence-corrected chi connectivity index (χ0v) is 13.8. The van der Waals surface area contributed by atoms with Crippen molar-refractivity contribution in [1.29, 1.82) is 0 Å². The molecule has 1 aliphatic rings. The molecule has 116 valence electrons. The number of hydrogen-bond acceptors (Lipinski definition) is 2. The Balaban J connectivity index is 1.53. The lowest BCUT2D eigenvalue weighted by Gasteiger charge is -2.20. The highest BCUT2D eigenvalue weighted by atomic mass is 35.5. The van der Waals surface area contributed by atoms with Gasteiger partial charge in [0, 0.05) is 22.5 Å². The van der Waals surface area contributed by atoms with Crippen molar-refractivity contribution < 1.29 is 4.79 Å². The van der Waals surface area contributed by atoms with Crippen molar-refractivity contribution in [2.45, 2.75) is 43.8 Å². The molecule has 1 fully saturated rings. The molecule has 2 N–H and O–H groups in total. The smallest absolute Gasteiger partial charge is 0.319 e. The monoisotopic (exact) mass is 326 g/mol. The van der Waals surface area contributed by atoms with Gasteiger partial charge in [0.15, 0.2) is 0 Å². The van der Waals surface area contributed by atoms with E-state index in [1.54, 1.807) is 24.3 Å². The normalized spacial score (nSPS) is 15.7. The molecule has 1 aliphatic carbocycles. The van der Waals surface area contributed by atoms with E-state index in [2.05, 4.69) is 22.4 Å². The number of nitrogens with one attached hydrogen (secondary N) is 2. The number of urea groups is 1. The predicted octanol–water partition coefficient (Wildman–Crippen LogP) is 4.92. The molecule has 0 heterocycles. The summed E-state index contributed by atoms with van der Waals surface area (Å²) in [5.74, 6) is 1.13. The minimum absolute atomic E-state index is 0.153. The summed E-state index contributed by atoms with van der Waals surface area (Å²) in [4.78, 5) is 11.7. The molecule has 0 bridgehead atoms. The lowest BCUT2D eigenvalue weighted by molar-refractivity contribution is 0.252. The van der Waals surface area contributed by atoms with Crippen molar-refractivity contribution in [2.75, 3.05) is 17.6 Å². The number of amides is 2. The molecule has 0 radical (unpaired) electrons. The van der Waals surface area contributed by atoms with E-state index >= 15 is 0 Å². The van der Waals surface area contributed by atoms with E-state index in [0.717, 1.165) is 29.7 Å². The van der Waals surface area contributed by atoms with E-state index in [1.807, 2.05) is 0 Å². The first-order valence-electron chi connectivity index (χ1n) is 7.66. The largest absolute Gasteiger partial charge is 0.338 e. The van der Waals surface area contributed by atoms with Crippen molar-refractivity contribution in [1.82, 2.24) is 5.32 Å². The third kappa shape index (κ3) is 6.62. The van der Waals surface area contributed by atoms with Crippen molar-refractivity contribution in [3.05, 3.63) is 29.3 Å². The zero-order chi connectivity index (χ0) is 14.9. The first kappa shape index (κ1) is 16.5. The molecule has 3 nitrogen and oxygen atoms in total. The molecular formula is C16H23ClN2OS. The summed E-state index contributed by atoms with van der Waals surface area (Å²) >= 11 is 7.87. The maximum Gasteiger partial charge on any atom is 0.319 e. The topological polar surface area (TPSA) is 41.1 Å². The fraction of sp³-hybridized carbons (Fsp3) is 0.562. The van der Waals surface area contributed by atoms with Gasteiger partial charge in [0.05, 0.1) is 0 Å². The van der Waals surface area contributed by atoms with Crippen LogP contribution in [0.25, 0.3) is 0 Å². The van der Waals surface area contributed by atoms with E-state index in [4.69, 9.17) is 11.6 Å². The predicted molar refractivity (Wildman–Crippen MR) is 92.4 cm³/mol. The number of carbonyl (C=O) groups excluding carboxylic acids is 1. The van der Waals surface area contributed by atoms with Crippen LogP contribution >= 0.6 is 23.4 Å². The van der Waals surface area contributed by atoms with Crippen molar-refractivity contribution in [3.63, 3.8) is 0 Å². The van der Waals surface area contributed by atoms with E-state index in [9.17, 15) is 4.79 Å². The quantitative estimate of drug-likeness (QED) is 0.729. The Labute approximate surface area is 136 Å². The molecule has 0 aromatic heterocycles. The van der Waals surface area contributed by atoms with Gasteiger partial charge in [-0.25, -0.2) is 4.79 Å². The molecule has 21 heavy (non-hydrogen) atoms. The minimum Gasteiger partial charge on any atom is -0.338 e. The summed E-state index contributed by atoms with van der Waals surface area (Å²) < 4.78 is 0. The van der Waals surface area contributed by atoms with Gasteiger partial charge in [-0.15, -0.1) is 0 Å².